The van der Waals surface area contributed by atoms with E-state index in [4.69, 9.17) is 11.6 Å². The lowest BCUT2D eigenvalue weighted by molar-refractivity contribution is 0.0951. The SMILES string of the molecule is CC(C)(C)c1cc(C(=O)NCCn2cccn2)cc(Cl)n1. The Balaban J connectivity index is 2.03. The molecule has 0 fully saturated rings. The minimum atomic E-state index is -0.158. The standard InChI is InChI=1S/C15H19ClN4O/c1-15(2,3)12-9-11(10-13(16)19-12)14(21)17-6-8-20-7-4-5-18-20/h4-5,7,9-10H,6,8H2,1-3H3,(H,17,21). The van der Waals surface area contributed by atoms with Gasteiger partial charge in [0.15, 0.2) is 0 Å². The highest BCUT2D eigenvalue weighted by Crippen LogP contribution is 2.23. The van der Waals surface area contributed by atoms with Crippen LogP contribution in [0.2, 0.25) is 5.15 Å². The fourth-order valence-electron chi connectivity index (χ4n) is 1.83. The van der Waals surface area contributed by atoms with Crippen LogP contribution in [0.25, 0.3) is 0 Å². The van der Waals surface area contributed by atoms with Gasteiger partial charge in [-0.2, -0.15) is 5.10 Å². The Morgan fingerprint density at radius 1 is 1.38 bits per heavy atom. The molecule has 5 nitrogen and oxygen atoms in total. The van der Waals surface area contributed by atoms with Gasteiger partial charge in [0.1, 0.15) is 5.15 Å². The Bertz CT molecular complexity index is 617. The van der Waals surface area contributed by atoms with Crippen molar-refractivity contribution in [3.05, 3.63) is 47.0 Å². The zero-order valence-electron chi connectivity index (χ0n) is 12.4. The maximum atomic E-state index is 12.2. The van der Waals surface area contributed by atoms with Gasteiger partial charge in [-0.05, 0) is 18.2 Å². The lowest BCUT2D eigenvalue weighted by Gasteiger charge is -2.18. The molecule has 0 saturated heterocycles. The summed E-state index contributed by atoms with van der Waals surface area (Å²) in [6.07, 6.45) is 3.56. The summed E-state index contributed by atoms with van der Waals surface area (Å²) >= 11 is 6.01. The summed E-state index contributed by atoms with van der Waals surface area (Å²) in [5, 5.41) is 7.27. The lowest BCUT2D eigenvalue weighted by Crippen LogP contribution is -2.28. The van der Waals surface area contributed by atoms with Crippen molar-refractivity contribution in [1.29, 1.82) is 0 Å². The average Bonchev–Trinajstić information content (AvgIpc) is 2.90. The third-order valence-electron chi connectivity index (χ3n) is 3.01. The largest absolute Gasteiger partial charge is 0.350 e. The Morgan fingerprint density at radius 2 is 2.14 bits per heavy atom. The van der Waals surface area contributed by atoms with Crippen molar-refractivity contribution < 1.29 is 4.79 Å². The van der Waals surface area contributed by atoms with E-state index < -0.39 is 0 Å². The molecule has 2 heterocycles. The Labute approximate surface area is 129 Å². The van der Waals surface area contributed by atoms with Gasteiger partial charge >= 0.3 is 0 Å². The second kappa shape index (κ2) is 6.26. The molecule has 0 aliphatic heterocycles. The normalized spacial score (nSPS) is 11.4. The van der Waals surface area contributed by atoms with Crippen LogP contribution in [0, 0.1) is 0 Å². The molecule has 0 radical (unpaired) electrons. The molecule has 112 valence electrons. The zero-order valence-corrected chi connectivity index (χ0v) is 13.2. The van der Waals surface area contributed by atoms with Crippen LogP contribution in [0.3, 0.4) is 0 Å². The van der Waals surface area contributed by atoms with Gasteiger partial charge in [0.25, 0.3) is 5.91 Å². The first-order chi connectivity index (χ1) is 9.86. The van der Waals surface area contributed by atoms with E-state index >= 15 is 0 Å². The molecule has 0 aliphatic rings. The molecule has 1 N–H and O–H groups in total. The van der Waals surface area contributed by atoms with Gasteiger partial charge in [-0.25, -0.2) is 4.98 Å². The zero-order chi connectivity index (χ0) is 15.5. The molecule has 21 heavy (non-hydrogen) atoms. The summed E-state index contributed by atoms with van der Waals surface area (Å²) in [6.45, 7) is 7.23. The van der Waals surface area contributed by atoms with Crippen LogP contribution < -0.4 is 5.32 Å². The Kier molecular flexibility index (Phi) is 4.63. The Morgan fingerprint density at radius 3 is 2.76 bits per heavy atom. The molecule has 0 spiro atoms. The number of carbonyl (C=O) groups excluding carboxylic acids is 1. The molecule has 0 aliphatic carbocycles. The molecular weight excluding hydrogens is 288 g/mol. The van der Waals surface area contributed by atoms with Crippen LogP contribution >= 0.6 is 11.6 Å². The van der Waals surface area contributed by atoms with Crippen molar-refractivity contribution in [2.45, 2.75) is 32.7 Å². The first kappa shape index (κ1) is 15.5. The van der Waals surface area contributed by atoms with E-state index in [9.17, 15) is 4.79 Å². The maximum absolute atomic E-state index is 12.2. The van der Waals surface area contributed by atoms with Gasteiger partial charge in [-0.3, -0.25) is 9.48 Å². The fourth-order valence-corrected chi connectivity index (χ4v) is 2.04. The minimum Gasteiger partial charge on any atom is -0.350 e. The number of nitrogens with zero attached hydrogens (tertiary/aromatic N) is 3. The lowest BCUT2D eigenvalue weighted by atomic mass is 9.91. The third-order valence-corrected chi connectivity index (χ3v) is 3.20. The monoisotopic (exact) mass is 306 g/mol. The number of halogens is 1. The number of hydrogen-bond acceptors (Lipinski definition) is 3. The molecule has 0 saturated carbocycles. The van der Waals surface area contributed by atoms with E-state index in [2.05, 4.69) is 15.4 Å². The molecule has 6 heteroatoms. The van der Waals surface area contributed by atoms with Crippen LogP contribution in [0.15, 0.2) is 30.6 Å². The van der Waals surface area contributed by atoms with Crippen molar-refractivity contribution in [2.24, 2.45) is 0 Å². The van der Waals surface area contributed by atoms with Gasteiger partial charge in [0.2, 0.25) is 0 Å². The highest BCUT2D eigenvalue weighted by atomic mass is 35.5. The van der Waals surface area contributed by atoms with Crippen molar-refractivity contribution in [1.82, 2.24) is 20.1 Å². The number of nitrogens with one attached hydrogen (secondary N) is 1. The number of rotatable bonds is 4. The van der Waals surface area contributed by atoms with Crippen LogP contribution in [-0.2, 0) is 12.0 Å². The third kappa shape index (κ3) is 4.29. The van der Waals surface area contributed by atoms with Crippen molar-refractivity contribution in [3.8, 4) is 0 Å². The van der Waals surface area contributed by atoms with E-state index in [1.54, 1.807) is 23.0 Å². The number of aromatic nitrogens is 3. The molecule has 0 atom stereocenters. The summed E-state index contributed by atoms with van der Waals surface area (Å²) in [5.74, 6) is -0.156. The van der Waals surface area contributed by atoms with Gasteiger partial charge in [0.05, 0.1) is 6.54 Å². The number of amides is 1. The molecule has 2 aromatic rings. The first-order valence-corrected chi connectivity index (χ1v) is 7.18. The van der Waals surface area contributed by atoms with Gasteiger partial charge in [-0.15, -0.1) is 0 Å². The summed E-state index contributed by atoms with van der Waals surface area (Å²) in [4.78, 5) is 16.5. The molecule has 2 aromatic heterocycles. The van der Waals surface area contributed by atoms with E-state index in [1.807, 2.05) is 33.0 Å². The summed E-state index contributed by atoms with van der Waals surface area (Å²) in [5.41, 5.74) is 1.17. The minimum absolute atomic E-state index is 0.156. The summed E-state index contributed by atoms with van der Waals surface area (Å²) in [6, 6.07) is 5.22. The fraction of sp³-hybridized carbons (Fsp3) is 0.400. The number of hydrogen-bond donors (Lipinski definition) is 1. The molecule has 0 aromatic carbocycles. The second-order valence-corrected chi connectivity index (χ2v) is 6.23. The van der Waals surface area contributed by atoms with Crippen LogP contribution in [0.1, 0.15) is 36.8 Å². The summed E-state index contributed by atoms with van der Waals surface area (Å²) < 4.78 is 1.76. The predicted molar refractivity (Wildman–Crippen MR) is 82.5 cm³/mol. The molecule has 2 rings (SSSR count). The average molecular weight is 307 g/mol. The van der Waals surface area contributed by atoms with Crippen LogP contribution in [0.5, 0.6) is 0 Å². The van der Waals surface area contributed by atoms with Crippen molar-refractivity contribution in [3.63, 3.8) is 0 Å². The van der Waals surface area contributed by atoms with E-state index in [-0.39, 0.29) is 11.3 Å². The maximum Gasteiger partial charge on any atom is 0.251 e. The molecule has 0 unspecified atom stereocenters. The summed E-state index contributed by atoms with van der Waals surface area (Å²) in [7, 11) is 0. The van der Waals surface area contributed by atoms with Crippen LogP contribution in [0.4, 0.5) is 0 Å². The first-order valence-electron chi connectivity index (χ1n) is 6.80. The quantitative estimate of drug-likeness (QED) is 0.883. The molecular formula is C15H19ClN4O. The topological polar surface area (TPSA) is 59.8 Å². The molecule has 1 amide bonds. The van der Waals surface area contributed by atoms with Crippen LogP contribution in [-0.4, -0.2) is 27.2 Å². The highest BCUT2D eigenvalue weighted by Gasteiger charge is 2.18. The highest BCUT2D eigenvalue weighted by molar-refractivity contribution is 6.29. The number of carbonyl (C=O) groups is 1. The number of pyridine rings is 1. The Hall–Kier alpha value is -1.88. The smallest absolute Gasteiger partial charge is 0.251 e. The van der Waals surface area contributed by atoms with E-state index in [0.717, 1.165) is 5.69 Å². The van der Waals surface area contributed by atoms with E-state index in [1.165, 1.54) is 0 Å². The predicted octanol–water partition coefficient (Wildman–Crippen LogP) is 2.66. The van der Waals surface area contributed by atoms with Gasteiger partial charge in [-0.1, -0.05) is 32.4 Å². The van der Waals surface area contributed by atoms with E-state index in [0.29, 0.717) is 23.8 Å². The van der Waals surface area contributed by atoms with Crippen molar-refractivity contribution in [2.75, 3.05) is 6.54 Å². The van der Waals surface area contributed by atoms with Gasteiger partial charge in [0, 0.05) is 35.6 Å². The van der Waals surface area contributed by atoms with Gasteiger partial charge < -0.3 is 5.32 Å². The second-order valence-electron chi connectivity index (χ2n) is 5.84. The van der Waals surface area contributed by atoms with Crippen molar-refractivity contribution >= 4 is 17.5 Å². The molecule has 0 bridgehead atoms.